The van der Waals surface area contributed by atoms with Gasteiger partial charge in [-0.15, -0.1) is 0 Å². The Morgan fingerprint density at radius 1 is 1.12 bits per heavy atom. The highest BCUT2D eigenvalue weighted by Gasteiger charge is 2.22. The van der Waals surface area contributed by atoms with Gasteiger partial charge in [-0.1, -0.05) is 29.8 Å². The minimum absolute atomic E-state index is 0.222. The number of amides is 1. The van der Waals surface area contributed by atoms with E-state index in [4.69, 9.17) is 4.74 Å². The quantitative estimate of drug-likeness (QED) is 0.806. The molecule has 26 heavy (non-hydrogen) atoms. The van der Waals surface area contributed by atoms with Crippen molar-refractivity contribution in [2.75, 3.05) is 24.2 Å². The molecule has 1 N–H and O–H groups in total. The predicted molar refractivity (Wildman–Crippen MR) is 103 cm³/mol. The second-order valence-electron chi connectivity index (χ2n) is 6.17. The van der Waals surface area contributed by atoms with Crippen molar-refractivity contribution >= 4 is 21.6 Å². The van der Waals surface area contributed by atoms with Crippen LogP contribution >= 0.6 is 0 Å². The molecular formula is C19H24N2O4S. The first kappa shape index (κ1) is 19.8. The van der Waals surface area contributed by atoms with Crippen LogP contribution in [0.2, 0.25) is 0 Å². The van der Waals surface area contributed by atoms with E-state index in [1.54, 1.807) is 24.3 Å². The Balaban J connectivity index is 2.12. The van der Waals surface area contributed by atoms with E-state index in [1.165, 1.54) is 7.11 Å². The van der Waals surface area contributed by atoms with Crippen LogP contribution in [0.4, 0.5) is 5.69 Å². The number of rotatable bonds is 7. The van der Waals surface area contributed by atoms with Gasteiger partial charge in [0.25, 0.3) is 0 Å². The molecule has 0 aromatic heterocycles. The van der Waals surface area contributed by atoms with Gasteiger partial charge < -0.3 is 10.1 Å². The SMILES string of the molecule is COc1ccc(N(CC(=O)NC(C)c2ccc(C)cc2)S(C)(=O)=O)cc1. The average Bonchev–Trinajstić information content (AvgIpc) is 2.59. The lowest BCUT2D eigenvalue weighted by Crippen LogP contribution is -2.41. The van der Waals surface area contributed by atoms with Crippen molar-refractivity contribution in [2.24, 2.45) is 0 Å². The molecule has 0 saturated heterocycles. The lowest BCUT2D eigenvalue weighted by atomic mass is 10.1. The van der Waals surface area contributed by atoms with Crippen molar-refractivity contribution < 1.29 is 17.9 Å². The van der Waals surface area contributed by atoms with E-state index in [1.807, 2.05) is 38.1 Å². The molecule has 0 radical (unpaired) electrons. The summed E-state index contributed by atoms with van der Waals surface area (Å²) in [4.78, 5) is 12.4. The minimum Gasteiger partial charge on any atom is -0.497 e. The van der Waals surface area contributed by atoms with Crippen molar-refractivity contribution in [3.05, 3.63) is 59.7 Å². The molecule has 2 aromatic rings. The Labute approximate surface area is 154 Å². The fourth-order valence-corrected chi connectivity index (χ4v) is 3.36. The number of sulfonamides is 1. The fourth-order valence-electron chi connectivity index (χ4n) is 2.50. The largest absolute Gasteiger partial charge is 0.497 e. The maximum absolute atomic E-state index is 12.4. The van der Waals surface area contributed by atoms with Gasteiger partial charge in [0.1, 0.15) is 12.3 Å². The number of carbonyl (C=O) groups excluding carboxylic acids is 1. The number of hydrogen-bond donors (Lipinski definition) is 1. The molecule has 0 saturated carbocycles. The van der Waals surface area contributed by atoms with Crippen LogP contribution in [0, 0.1) is 6.92 Å². The molecule has 0 fully saturated rings. The van der Waals surface area contributed by atoms with Gasteiger partial charge in [0.05, 0.1) is 25.1 Å². The summed E-state index contributed by atoms with van der Waals surface area (Å²) in [6.45, 7) is 3.56. The van der Waals surface area contributed by atoms with Crippen LogP contribution in [0.25, 0.3) is 0 Å². The Kier molecular flexibility index (Phi) is 6.26. The van der Waals surface area contributed by atoms with Crippen molar-refractivity contribution in [3.63, 3.8) is 0 Å². The van der Waals surface area contributed by atoms with Gasteiger partial charge >= 0.3 is 0 Å². The molecule has 0 aliphatic heterocycles. The number of aryl methyl sites for hydroxylation is 1. The lowest BCUT2D eigenvalue weighted by molar-refractivity contribution is -0.120. The molecule has 1 atom stereocenters. The molecule has 6 nitrogen and oxygen atoms in total. The lowest BCUT2D eigenvalue weighted by Gasteiger charge is -2.23. The van der Waals surface area contributed by atoms with Crippen molar-refractivity contribution in [3.8, 4) is 5.75 Å². The summed E-state index contributed by atoms with van der Waals surface area (Å²) < 4.78 is 30.4. The molecular weight excluding hydrogens is 352 g/mol. The van der Waals surface area contributed by atoms with E-state index < -0.39 is 10.0 Å². The molecule has 7 heteroatoms. The van der Waals surface area contributed by atoms with Gasteiger partial charge in [-0.2, -0.15) is 0 Å². The Morgan fingerprint density at radius 2 is 1.69 bits per heavy atom. The molecule has 0 bridgehead atoms. The molecule has 140 valence electrons. The van der Waals surface area contributed by atoms with Crippen molar-refractivity contribution in [1.82, 2.24) is 5.32 Å². The summed E-state index contributed by atoms with van der Waals surface area (Å²) in [5.74, 6) is 0.235. The summed E-state index contributed by atoms with van der Waals surface area (Å²) >= 11 is 0. The summed E-state index contributed by atoms with van der Waals surface area (Å²) in [6, 6.07) is 14.1. The van der Waals surface area contributed by atoms with Crippen molar-refractivity contribution in [1.29, 1.82) is 0 Å². The van der Waals surface area contributed by atoms with Gasteiger partial charge in [-0.3, -0.25) is 9.10 Å². The number of benzene rings is 2. The molecule has 0 aliphatic rings. The topological polar surface area (TPSA) is 75.7 Å². The minimum atomic E-state index is -3.61. The van der Waals surface area contributed by atoms with Gasteiger partial charge in [-0.05, 0) is 43.7 Å². The van der Waals surface area contributed by atoms with E-state index in [2.05, 4.69) is 5.32 Å². The maximum atomic E-state index is 12.4. The number of anilines is 1. The van der Waals surface area contributed by atoms with Crippen molar-refractivity contribution in [2.45, 2.75) is 19.9 Å². The first-order valence-electron chi connectivity index (χ1n) is 8.18. The van der Waals surface area contributed by atoms with Crippen LogP contribution in [-0.2, 0) is 14.8 Å². The highest BCUT2D eigenvalue weighted by atomic mass is 32.2. The molecule has 1 amide bonds. The summed E-state index contributed by atoms with van der Waals surface area (Å²) in [5, 5.41) is 2.84. The fraction of sp³-hybridized carbons (Fsp3) is 0.316. The van der Waals surface area contributed by atoms with Gasteiger partial charge in [0.2, 0.25) is 15.9 Å². The average molecular weight is 376 g/mol. The van der Waals surface area contributed by atoms with Crippen LogP contribution in [0.1, 0.15) is 24.1 Å². The Hall–Kier alpha value is -2.54. The molecule has 1 unspecified atom stereocenters. The second-order valence-corrected chi connectivity index (χ2v) is 8.07. The molecule has 2 rings (SSSR count). The first-order chi connectivity index (χ1) is 12.2. The second kappa shape index (κ2) is 8.23. The number of nitrogens with zero attached hydrogens (tertiary/aromatic N) is 1. The summed E-state index contributed by atoms with van der Waals surface area (Å²) in [5.41, 5.74) is 2.50. The number of methoxy groups -OCH3 is 1. The smallest absolute Gasteiger partial charge is 0.241 e. The molecule has 0 aliphatic carbocycles. The molecule has 0 heterocycles. The monoisotopic (exact) mass is 376 g/mol. The predicted octanol–water partition coefficient (Wildman–Crippen LogP) is 2.65. The highest BCUT2D eigenvalue weighted by molar-refractivity contribution is 7.92. The Bertz CT molecular complexity index is 846. The third-order valence-electron chi connectivity index (χ3n) is 4.00. The summed E-state index contributed by atoms with van der Waals surface area (Å²) in [7, 11) is -2.08. The van der Waals surface area contributed by atoms with E-state index in [-0.39, 0.29) is 18.5 Å². The van der Waals surface area contributed by atoms with Gasteiger partial charge in [0.15, 0.2) is 0 Å². The van der Waals surface area contributed by atoms with Crippen LogP contribution < -0.4 is 14.4 Å². The summed E-state index contributed by atoms with van der Waals surface area (Å²) in [6.07, 6.45) is 1.08. The standard InChI is InChI=1S/C19H24N2O4S/c1-14-5-7-16(8-6-14)15(2)20-19(22)13-21(26(4,23)24)17-9-11-18(25-3)12-10-17/h5-12,15H,13H2,1-4H3,(H,20,22). The zero-order chi connectivity index (χ0) is 19.3. The number of hydrogen-bond acceptors (Lipinski definition) is 4. The zero-order valence-corrected chi connectivity index (χ0v) is 16.2. The molecule has 0 spiro atoms. The Morgan fingerprint density at radius 3 is 2.19 bits per heavy atom. The van der Waals surface area contributed by atoms with Crippen LogP contribution in [0.5, 0.6) is 5.75 Å². The van der Waals surface area contributed by atoms with E-state index in [0.717, 1.165) is 21.7 Å². The van der Waals surface area contributed by atoms with Crippen LogP contribution in [-0.4, -0.2) is 34.2 Å². The van der Waals surface area contributed by atoms with Gasteiger partial charge in [0, 0.05) is 0 Å². The normalized spacial score (nSPS) is 12.3. The van der Waals surface area contributed by atoms with E-state index >= 15 is 0 Å². The third-order valence-corrected chi connectivity index (χ3v) is 5.14. The molecule has 2 aromatic carbocycles. The first-order valence-corrected chi connectivity index (χ1v) is 10.0. The third kappa shape index (κ3) is 5.23. The van der Waals surface area contributed by atoms with Crippen LogP contribution in [0.3, 0.4) is 0 Å². The van der Waals surface area contributed by atoms with Gasteiger partial charge in [-0.25, -0.2) is 8.42 Å². The highest BCUT2D eigenvalue weighted by Crippen LogP contribution is 2.21. The van der Waals surface area contributed by atoms with E-state index in [9.17, 15) is 13.2 Å². The van der Waals surface area contributed by atoms with Crippen LogP contribution in [0.15, 0.2) is 48.5 Å². The maximum Gasteiger partial charge on any atom is 0.241 e. The number of nitrogens with one attached hydrogen (secondary N) is 1. The van der Waals surface area contributed by atoms with E-state index in [0.29, 0.717) is 11.4 Å². The number of ether oxygens (including phenoxy) is 1. The number of carbonyl (C=O) groups is 1. The zero-order valence-electron chi connectivity index (χ0n) is 15.4.